The van der Waals surface area contributed by atoms with Crippen LogP contribution in [0.1, 0.15) is 39.8 Å². The maximum absolute atomic E-state index is 12.4. The number of aromatic nitrogens is 4. The number of nitrogens with two attached hydrogens (primary N) is 1. The molecule has 1 fully saturated rings. The van der Waals surface area contributed by atoms with Crippen molar-refractivity contribution in [3.63, 3.8) is 0 Å². The molecule has 3 rings (SSSR count). The van der Waals surface area contributed by atoms with E-state index in [2.05, 4.69) is 25.0 Å². The quantitative estimate of drug-likeness (QED) is 0.158. The van der Waals surface area contributed by atoms with Gasteiger partial charge >= 0.3 is 7.60 Å². The average molecular weight is 472 g/mol. The molecule has 2 aromatic rings. The van der Waals surface area contributed by atoms with E-state index in [4.69, 9.17) is 20.5 Å². The average Bonchev–Trinajstić information content (AvgIpc) is 3.21. The fraction of sp³-hybridized carbons (Fsp3) is 0.688. The summed E-state index contributed by atoms with van der Waals surface area (Å²) in [6.07, 6.45) is -5.10. The number of hydrogen-bond acceptors (Lipinski definition) is 11. The summed E-state index contributed by atoms with van der Waals surface area (Å²) >= 11 is 0. The number of imidazole rings is 1. The minimum absolute atomic E-state index is 0.0106. The van der Waals surface area contributed by atoms with E-state index >= 15 is 0 Å². The molecule has 0 bridgehead atoms. The molecule has 15 nitrogen and oxygen atoms in total. The van der Waals surface area contributed by atoms with Crippen molar-refractivity contribution in [3.8, 4) is 0 Å². The number of nitrogen functional groups attached to an aromatic ring is 1. The first-order valence-electron chi connectivity index (χ1n) is 9.72. The van der Waals surface area contributed by atoms with Gasteiger partial charge in [0, 0.05) is 11.3 Å². The van der Waals surface area contributed by atoms with Crippen LogP contribution in [0.2, 0.25) is 0 Å². The van der Waals surface area contributed by atoms with Gasteiger partial charge in [0.25, 0.3) is 0 Å². The number of fused-ring (bicyclic) bond motifs is 1. The lowest BCUT2D eigenvalue weighted by Crippen LogP contribution is -2.34. The minimum Gasteiger partial charge on any atom is -0.388 e. The van der Waals surface area contributed by atoms with Gasteiger partial charge in [0.05, 0.1) is 12.2 Å². The lowest BCUT2D eigenvalue weighted by molar-refractivity contribution is -0.0462. The molecule has 0 aliphatic carbocycles. The largest absolute Gasteiger partial charge is 0.388 e. The third-order valence-electron chi connectivity index (χ3n) is 5.38. The molecular formula is C16H25N8O7P. The number of rotatable bonds is 8. The topological polar surface area (TPSA) is 235 Å². The van der Waals surface area contributed by atoms with E-state index < -0.39 is 43.6 Å². The minimum atomic E-state index is -4.41. The molecule has 0 radical (unpaired) electrons. The SMILES string of the molecule is CC[C@](C)(O)P(=O)(O)OC(C)C[C@H]1O[C@@H](n2c(N=[N+]=[N-])nc3c(N)ncnc32)[C@H](O)[C@@H]1O. The van der Waals surface area contributed by atoms with Crippen LogP contribution in [0, 0.1) is 0 Å². The molecule has 7 atom stereocenters. The van der Waals surface area contributed by atoms with Crippen LogP contribution in [0.5, 0.6) is 0 Å². The van der Waals surface area contributed by atoms with Gasteiger partial charge in [-0.05, 0) is 30.9 Å². The smallest absolute Gasteiger partial charge is 0.359 e. The van der Waals surface area contributed by atoms with E-state index in [1.165, 1.54) is 25.3 Å². The van der Waals surface area contributed by atoms with Crippen LogP contribution in [0.3, 0.4) is 0 Å². The molecule has 0 aromatic carbocycles. The maximum atomic E-state index is 12.4. The molecular weight excluding hydrogens is 447 g/mol. The van der Waals surface area contributed by atoms with Crippen LogP contribution in [0.4, 0.5) is 11.8 Å². The van der Waals surface area contributed by atoms with Gasteiger partial charge in [-0.3, -0.25) is 9.13 Å². The molecule has 0 saturated carbocycles. The molecule has 176 valence electrons. The van der Waals surface area contributed by atoms with Gasteiger partial charge in [0.15, 0.2) is 28.6 Å². The zero-order valence-corrected chi connectivity index (χ0v) is 18.4. The summed E-state index contributed by atoms with van der Waals surface area (Å²) in [6.45, 7) is 4.20. The van der Waals surface area contributed by atoms with Gasteiger partial charge in [-0.2, -0.15) is 0 Å². The lowest BCUT2D eigenvalue weighted by Gasteiger charge is -2.30. The van der Waals surface area contributed by atoms with Gasteiger partial charge in [-0.15, -0.1) is 0 Å². The van der Waals surface area contributed by atoms with Crippen LogP contribution in [0.25, 0.3) is 21.6 Å². The van der Waals surface area contributed by atoms with Gasteiger partial charge in [0.1, 0.15) is 18.5 Å². The normalized spacial score (nSPS) is 28.1. The van der Waals surface area contributed by atoms with Crippen LogP contribution >= 0.6 is 7.60 Å². The Labute approximate surface area is 182 Å². The van der Waals surface area contributed by atoms with Crippen molar-refractivity contribution in [1.29, 1.82) is 0 Å². The number of anilines is 1. The number of aliphatic hydroxyl groups excluding tert-OH is 2. The number of ether oxygens (including phenoxy) is 1. The second kappa shape index (κ2) is 8.89. The Morgan fingerprint density at radius 3 is 2.78 bits per heavy atom. The van der Waals surface area contributed by atoms with Gasteiger partial charge in [-0.25, -0.2) is 15.0 Å². The second-order valence-electron chi connectivity index (χ2n) is 7.69. The molecule has 1 aliphatic rings. The summed E-state index contributed by atoms with van der Waals surface area (Å²) < 4.78 is 24.5. The van der Waals surface area contributed by atoms with Crippen LogP contribution < -0.4 is 5.73 Å². The van der Waals surface area contributed by atoms with Crippen LogP contribution in [0.15, 0.2) is 11.4 Å². The predicted octanol–water partition coefficient (Wildman–Crippen LogP) is 1.07. The first-order valence-corrected chi connectivity index (χ1v) is 11.3. The summed E-state index contributed by atoms with van der Waals surface area (Å²) in [5.74, 6) is -0.203. The van der Waals surface area contributed by atoms with Crippen molar-refractivity contribution < 1.29 is 34.0 Å². The van der Waals surface area contributed by atoms with Gasteiger partial charge in [0.2, 0.25) is 5.95 Å². The zero-order chi connectivity index (χ0) is 23.8. The molecule has 1 saturated heterocycles. The summed E-state index contributed by atoms with van der Waals surface area (Å²) in [7, 11) is -4.41. The Kier molecular flexibility index (Phi) is 6.75. The van der Waals surface area contributed by atoms with Gasteiger partial charge in [-0.1, -0.05) is 6.92 Å². The summed E-state index contributed by atoms with van der Waals surface area (Å²) in [6, 6.07) is 0. The number of azide groups is 1. The molecule has 2 aromatic heterocycles. The fourth-order valence-corrected chi connectivity index (χ4v) is 4.52. The van der Waals surface area contributed by atoms with Crippen molar-refractivity contribution >= 4 is 30.5 Å². The first kappa shape index (κ1) is 24.3. The highest BCUT2D eigenvalue weighted by Crippen LogP contribution is 2.56. The van der Waals surface area contributed by atoms with Crippen molar-refractivity contribution in [2.45, 2.75) is 69.6 Å². The fourth-order valence-electron chi connectivity index (χ4n) is 3.32. The molecule has 1 aliphatic heterocycles. The Balaban J connectivity index is 1.86. The summed E-state index contributed by atoms with van der Waals surface area (Å²) in [4.78, 5) is 24.7. The van der Waals surface area contributed by atoms with Crippen molar-refractivity contribution in [2.24, 2.45) is 5.11 Å². The lowest BCUT2D eigenvalue weighted by atomic mass is 10.1. The van der Waals surface area contributed by atoms with Crippen LogP contribution in [-0.2, 0) is 13.8 Å². The van der Waals surface area contributed by atoms with E-state index in [1.54, 1.807) is 0 Å². The Bertz CT molecular complexity index is 1090. The second-order valence-corrected chi connectivity index (χ2v) is 9.91. The van der Waals surface area contributed by atoms with E-state index in [9.17, 15) is 24.8 Å². The molecule has 3 heterocycles. The maximum Gasteiger partial charge on any atom is 0.359 e. The van der Waals surface area contributed by atoms with Crippen LogP contribution in [-0.4, -0.2) is 69.5 Å². The first-order chi connectivity index (χ1) is 14.9. The predicted molar refractivity (Wildman–Crippen MR) is 110 cm³/mol. The van der Waals surface area contributed by atoms with E-state index in [0.29, 0.717) is 0 Å². The number of hydrogen-bond donors (Lipinski definition) is 5. The molecule has 0 amide bonds. The molecule has 6 N–H and O–H groups in total. The third-order valence-corrected chi connectivity index (χ3v) is 7.56. The Morgan fingerprint density at radius 2 is 2.16 bits per heavy atom. The summed E-state index contributed by atoms with van der Waals surface area (Å²) in [5, 5.41) is 32.8. The Hall–Kier alpha value is -2.35. The number of aliphatic hydroxyl groups is 3. The Morgan fingerprint density at radius 1 is 1.47 bits per heavy atom. The number of nitrogens with zero attached hydrogens (tertiary/aromatic N) is 7. The molecule has 32 heavy (non-hydrogen) atoms. The van der Waals surface area contributed by atoms with E-state index in [0.717, 1.165) is 6.33 Å². The molecule has 2 unspecified atom stereocenters. The highest BCUT2D eigenvalue weighted by Gasteiger charge is 2.47. The standard InChI is InChI=1S/C16H25N8O7P/c1-4-16(3,27)32(28,29)31-7(2)5-8-10(25)11(26)14(30-8)24-13-9(12(17)19-6-20-13)21-15(24)22-23-18/h6-8,10-11,14,25-27H,4-5H2,1-3H3,(H,28,29)(H2,17,19,20)/t7?,8-,10-,11-,14-,16-/m1/s1. The molecule has 16 heteroatoms. The summed E-state index contributed by atoms with van der Waals surface area (Å²) in [5.41, 5.74) is 14.9. The van der Waals surface area contributed by atoms with Crippen molar-refractivity contribution in [2.75, 3.05) is 5.73 Å². The van der Waals surface area contributed by atoms with E-state index in [1.807, 2.05) is 0 Å². The van der Waals surface area contributed by atoms with Gasteiger partial charge < -0.3 is 35.2 Å². The monoisotopic (exact) mass is 472 g/mol. The van der Waals surface area contributed by atoms with E-state index in [-0.39, 0.29) is 35.8 Å². The molecule has 0 spiro atoms. The zero-order valence-electron chi connectivity index (χ0n) is 17.5. The highest BCUT2D eigenvalue weighted by molar-refractivity contribution is 7.54. The van der Waals surface area contributed by atoms with Crippen molar-refractivity contribution in [1.82, 2.24) is 19.5 Å². The highest BCUT2D eigenvalue weighted by atomic mass is 31.2. The third kappa shape index (κ3) is 4.29. The van der Waals surface area contributed by atoms with Crippen molar-refractivity contribution in [3.05, 3.63) is 16.8 Å².